The average Bonchev–Trinajstić information content (AvgIpc) is 2.39. The van der Waals surface area contributed by atoms with E-state index in [1.165, 1.54) is 4.57 Å². The predicted octanol–water partition coefficient (Wildman–Crippen LogP) is -0.182. The summed E-state index contributed by atoms with van der Waals surface area (Å²) >= 11 is 0. The van der Waals surface area contributed by atoms with Crippen molar-refractivity contribution < 1.29 is 14.6 Å². The second kappa shape index (κ2) is 6.36. The normalized spacial score (nSPS) is 19.7. The molecule has 7 nitrogen and oxygen atoms in total. The van der Waals surface area contributed by atoms with Crippen molar-refractivity contribution in [2.45, 2.75) is 32.9 Å². The molecule has 1 atom stereocenters. The molecule has 0 spiro atoms. The molecule has 2 rings (SSSR count). The zero-order chi connectivity index (χ0) is 15.6. The molecule has 1 aliphatic heterocycles. The average molecular weight is 295 g/mol. The van der Waals surface area contributed by atoms with Gasteiger partial charge in [-0.25, -0.2) is 4.79 Å². The summed E-state index contributed by atoms with van der Waals surface area (Å²) in [7, 11) is 2.01. The van der Waals surface area contributed by atoms with Crippen LogP contribution in [0.15, 0.2) is 4.79 Å². The van der Waals surface area contributed by atoms with Crippen molar-refractivity contribution in [2.75, 3.05) is 26.7 Å². The van der Waals surface area contributed by atoms with E-state index in [4.69, 9.17) is 9.84 Å². The molecule has 1 aromatic rings. The highest BCUT2D eigenvalue weighted by Gasteiger charge is 2.21. The van der Waals surface area contributed by atoms with Crippen molar-refractivity contribution in [1.29, 1.82) is 0 Å². The van der Waals surface area contributed by atoms with Gasteiger partial charge in [-0.05, 0) is 20.9 Å². The van der Waals surface area contributed by atoms with Gasteiger partial charge >= 0.3 is 11.7 Å². The fourth-order valence-corrected chi connectivity index (χ4v) is 2.64. The monoisotopic (exact) mass is 295 g/mol. The van der Waals surface area contributed by atoms with Crippen LogP contribution in [0.4, 0.5) is 0 Å². The first-order valence-electron chi connectivity index (χ1n) is 6.97. The van der Waals surface area contributed by atoms with Gasteiger partial charge in [0, 0.05) is 30.0 Å². The Morgan fingerprint density at radius 3 is 2.81 bits per heavy atom. The van der Waals surface area contributed by atoms with Crippen LogP contribution in [0.3, 0.4) is 0 Å². The lowest BCUT2D eigenvalue weighted by atomic mass is 10.1. The van der Waals surface area contributed by atoms with Gasteiger partial charge in [0.2, 0.25) is 0 Å². The number of rotatable bonds is 4. The Labute approximate surface area is 123 Å². The summed E-state index contributed by atoms with van der Waals surface area (Å²) in [6.07, 6.45) is -0.210. The van der Waals surface area contributed by atoms with Crippen molar-refractivity contribution in [3.05, 3.63) is 27.4 Å². The number of nitrogens with zero attached hydrogens (tertiary/aromatic N) is 3. The highest BCUT2D eigenvalue weighted by Crippen LogP contribution is 2.12. The van der Waals surface area contributed by atoms with Gasteiger partial charge < -0.3 is 14.7 Å². The van der Waals surface area contributed by atoms with Gasteiger partial charge in [0.15, 0.2) is 0 Å². The molecular weight excluding hydrogens is 274 g/mol. The first kappa shape index (κ1) is 15.7. The van der Waals surface area contributed by atoms with Crippen molar-refractivity contribution in [1.82, 2.24) is 14.5 Å². The lowest BCUT2D eigenvalue weighted by Crippen LogP contribution is -2.44. The number of aromatic nitrogens is 2. The number of aryl methyl sites for hydroxylation is 1. The van der Waals surface area contributed by atoms with Gasteiger partial charge in [0.1, 0.15) is 0 Å². The maximum absolute atomic E-state index is 12.1. The summed E-state index contributed by atoms with van der Waals surface area (Å²) in [5.41, 5.74) is 1.40. The minimum absolute atomic E-state index is 0.0812. The smallest absolute Gasteiger partial charge is 0.348 e. The van der Waals surface area contributed by atoms with Gasteiger partial charge in [-0.15, -0.1) is 0 Å². The van der Waals surface area contributed by atoms with E-state index >= 15 is 0 Å². The van der Waals surface area contributed by atoms with Gasteiger partial charge in [-0.1, -0.05) is 0 Å². The van der Waals surface area contributed by atoms with Crippen LogP contribution in [0.1, 0.15) is 17.0 Å². The number of morpholine rings is 1. The summed E-state index contributed by atoms with van der Waals surface area (Å²) < 4.78 is 7.19. The van der Waals surface area contributed by atoms with E-state index in [1.54, 1.807) is 13.8 Å². The number of ether oxygens (including phenoxy) is 1. The molecule has 1 fully saturated rings. The molecule has 0 aromatic carbocycles. The molecule has 21 heavy (non-hydrogen) atoms. The number of carbonyl (C=O) groups is 1. The Morgan fingerprint density at radius 1 is 1.48 bits per heavy atom. The van der Waals surface area contributed by atoms with Crippen molar-refractivity contribution in [3.63, 3.8) is 0 Å². The molecule has 0 bridgehead atoms. The maximum Gasteiger partial charge on any atom is 0.348 e. The first-order valence-corrected chi connectivity index (χ1v) is 6.97. The maximum atomic E-state index is 12.1. The summed E-state index contributed by atoms with van der Waals surface area (Å²) in [5, 5.41) is 8.99. The molecule has 1 aliphatic rings. The standard InChI is InChI=1S/C14H21N3O4/c1-9-12(6-13(18)19)10(2)17(14(20)15-9)8-11-7-16(3)4-5-21-11/h11H,4-8H2,1-3H3,(H,18,19). The van der Waals surface area contributed by atoms with Gasteiger partial charge in [-0.3, -0.25) is 9.36 Å². The third kappa shape index (κ3) is 3.68. The Hall–Kier alpha value is -1.73. The SMILES string of the molecule is Cc1nc(=O)n(CC2CN(C)CCO2)c(C)c1CC(=O)O. The van der Waals surface area contributed by atoms with E-state index in [9.17, 15) is 9.59 Å². The van der Waals surface area contributed by atoms with E-state index in [0.29, 0.717) is 30.1 Å². The van der Waals surface area contributed by atoms with Crippen molar-refractivity contribution >= 4 is 5.97 Å². The molecule has 1 saturated heterocycles. The van der Waals surface area contributed by atoms with Crippen molar-refractivity contribution in [3.8, 4) is 0 Å². The molecule has 7 heteroatoms. The predicted molar refractivity (Wildman–Crippen MR) is 76.5 cm³/mol. The molecule has 1 N–H and O–H groups in total. The minimum Gasteiger partial charge on any atom is -0.481 e. The second-order valence-corrected chi connectivity index (χ2v) is 5.48. The minimum atomic E-state index is -0.929. The van der Waals surface area contributed by atoms with Crippen molar-refractivity contribution in [2.24, 2.45) is 0 Å². The first-order chi connectivity index (χ1) is 9.88. The molecule has 1 aromatic heterocycles. The number of likely N-dealkylation sites (N-methyl/N-ethyl adjacent to an activating group) is 1. The summed E-state index contributed by atoms with van der Waals surface area (Å²) in [6, 6.07) is 0. The van der Waals surface area contributed by atoms with E-state index in [0.717, 1.165) is 13.1 Å². The summed E-state index contributed by atoms with van der Waals surface area (Å²) in [5.74, 6) is -0.929. The molecule has 0 aliphatic carbocycles. The van der Waals surface area contributed by atoms with E-state index < -0.39 is 5.97 Å². The number of carboxylic acids is 1. The Balaban J connectivity index is 2.30. The van der Waals surface area contributed by atoms with E-state index in [2.05, 4.69) is 9.88 Å². The van der Waals surface area contributed by atoms with Crippen LogP contribution >= 0.6 is 0 Å². The lowest BCUT2D eigenvalue weighted by molar-refractivity contribution is -0.136. The molecule has 0 amide bonds. The summed E-state index contributed by atoms with van der Waals surface area (Å²) in [4.78, 5) is 29.1. The molecule has 0 saturated carbocycles. The highest BCUT2D eigenvalue weighted by molar-refractivity contribution is 5.70. The third-order valence-electron chi connectivity index (χ3n) is 3.83. The van der Waals surface area contributed by atoms with Crippen LogP contribution in [0, 0.1) is 13.8 Å². The van der Waals surface area contributed by atoms with Crippen LogP contribution in [-0.2, 0) is 22.5 Å². The fourth-order valence-electron chi connectivity index (χ4n) is 2.64. The van der Waals surface area contributed by atoms with Crippen LogP contribution < -0.4 is 5.69 Å². The number of hydrogen-bond donors (Lipinski definition) is 1. The summed E-state index contributed by atoms with van der Waals surface area (Å²) in [6.45, 7) is 6.09. The van der Waals surface area contributed by atoms with Crippen LogP contribution in [-0.4, -0.2) is 58.4 Å². The number of hydrogen-bond acceptors (Lipinski definition) is 5. The van der Waals surface area contributed by atoms with Gasteiger partial charge in [0.05, 0.1) is 25.7 Å². The van der Waals surface area contributed by atoms with Gasteiger partial charge in [-0.2, -0.15) is 4.98 Å². The zero-order valence-electron chi connectivity index (χ0n) is 12.6. The Bertz CT molecular complexity index is 597. The van der Waals surface area contributed by atoms with E-state index in [1.807, 2.05) is 7.05 Å². The van der Waals surface area contributed by atoms with Gasteiger partial charge in [0.25, 0.3) is 0 Å². The fraction of sp³-hybridized carbons (Fsp3) is 0.643. The lowest BCUT2D eigenvalue weighted by Gasteiger charge is -2.30. The molecular formula is C14H21N3O4. The molecule has 2 heterocycles. The van der Waals surface area contributed by atoms with Crippen LogP contribution in [0.2, 0.25) is 0 Å². The molecule has 116 valence electrons. The molecule has 0 radical (unpaired) electrons. The largest absolute Gasteiger partial charge is 0.481 e. The topological polar surface area (TPSA) is 84.7 Å². The number of carboxylic acid groups (broad SMARTS) is 1. The Morgan fingerprint density at radius 2 is 2.19 bits per heavy atom. The van der Waals surface area contributed by atoms with Crippen LogP contribution in [0.5, 0.6) is 0 Å². The number of aliphatic carboxylic acids is 1. The van der Waals surface area contributed by atoms with Crippen LogP contribution in [0.25, 0.3) is 0 Å². The third-order valence-corrected chi connectivity index (χ3v) is 3.83. The zero-order valence-corrected chi connectivity index (χ0v) is 12.6. The quantitative estimate of drug-likeness (QED) is 0.829. The second-order valence-electron chi connectivity index (χ2n) is 5.48. The van der Waals surface area contributed by atoms with E-state index in [-0.39, 0.29) is 18.2 Å². The molecule has 1 unspecified atom stereocenters. The Kier molecular flexibility index (Phi) is 4.74. The highest BCUT2D eigenvalue weighted by atomic mass is 16.5.